The molecular formula is C12H20Cl2N2S. The number of nitrogens with two attached hydrogens (primary N) is 1. The summed E-state index contributed by atoms with van der Waals surface area (Å²) in [6, 6.07) is 2.47. The first-order valence-corrected chi connectivity index (χ1v) is 7.12. The standard InChI is InChI=1S/C12H19ClN2S.ClH/c1-9(14)10-2-5-15(6-3-10)8-11-4-7-16-12(11)13;/h4,7,9-10H,2-3,5-6,8,14H2,1H3;1H. The van der Waals surface area contributed by atoms with Crippen molar-refractivity contribution >= 4 is 35.3 Å². The minimum Gasteiger partial charge on any atom is -0.328 e. The van der Waals surface area contributed by atoms with E-state index in [0.29, 0.717) is 12.0 Å². The van der Waals surface area contributed by atoms with Crippen molar-refractivity contribution < 1.29 is 0 Å². The van der Waals surface area contributed by atoms with Crippen LogP contribution in [0.4, 0.5) is 0 Å². The molecule has 0 radical (unpaired) electrons. The summed E-state index contributed by atoms with van der Waals surface area (Å²) in [6.07, 6.45) is 2.44. The van der Waals surface area contributed by atoms with Gasteiger partial charge < -0.3 is 5.73 Å². The second kappa shape index (κ2) is 6.95. The molecule has 1 aliphatic heterocycles. The molecule has 98 valence electrons. The van der Waals surface area contributed by atoms with E-state index in [2.05, 4.69) is 23.3 Å². The Labute approximate surface area is 119 Å². The van der Waals surface area contributed by atoms with Crippen molar-refractivity contribution in [1.29, 1.82) is 0 Å². The third-order valence-electron chi connectivity index (χ3n) is 3.46. The quantitative estimate of drug-likeness (QED) is 0.926. The summed E-state index contributed by atoms with van der Waals surface area (Å²) in [4.78, 5) is 2.48. The second-order valence-electron chi connectivity index (χ2n) is 4.69. The lowest BCUT2D eigenvalue weighted by Gasteiger charge is -2.33. The topological polar surface area (TPSA) is 29.3 Å². The highest BCUT2D eigenvalue weighted by molar-refractivity contribution is 7.14. The first kappa shape index (κ1) is 15.3. The molecule has 17 heavy (non-hydrogen) atoms. The van der Waals surface area contributed by atoms with Crippen molar-refractivity contribution in [3.63, 3.8) is 0 Å². The number of rotatable bonds is 3. The van der Waals surface area contributed by atoms with E-state index in [9.17, 15) is 0 Å². The average molecular weight is 295 g/mol. The Hall–Kier alpha value is 0.200. The number of hydrogen-bond donors (Lipinski definition) is 1. The van der Waals surface area contributed by atoms with E-state index < -0.39 is 0 Å². The summed E-state index contributed by atoms with van der Waals surface area (Å²) in [5.41, 5.74) is 7.20. The molecule has 1 atom stereocenters. The van der Waals surface area contributed by atoms with Gasteiger partial charge in [0.05, 0.1) is 4.34 Å². The Kier molecular flexibility index (Phi) is 6.24. The van der Waals surface area contributed by atoms with E-state index in [-0.39, 0.29) is 12.4 Å². The van der Waals surface area contributed by atoms with Gasteiger partial charge in [-0.15, -0.1) is 23.7 Å². The van der Waals surface area contributed by atoms with Crippen LogP contribution in [-0.2, 0) is 6.54 Å². The molecule has 1 unspecified atom stereocenters. The Morgan fingerprint density at radius 3 is 2.65 bits per heavy atom. The van der Waals surface area contributed by atoms with Crippen LogP contribution in [0.25, 0.3) is 0 Å². The van der Waals surface area contributed by atoms with E-state index in [0.717, 1.165) is 24.0 Å². The highest BCUT2D eigenvalue weighted by Crippen LogP contribution is 2.26. The average Bonchev–Trinajstić information content (AvgIpc) is 2.65. The Morgan fingerprint density at radius 1 is 1.53 bits per heavy atom. The predicted octanol–water partition coefficient (Wildman–Crippen LogP) is 3.38. The second-order valence-corrected chi connectivity index (χ2v) is 6.21. The molecule has 5 heteroatoms. The van der Waals surface area contributed by atoms with Gasteiger partial charge in [-0.1, -0.05) is 11.6 Å². The van der Waals surface area contributed by atoms with Crippen LogP contribution in [0.1, 0.15) is 25.3 Å². The first-order chi connectivity index (χ1) is 7.66. The normalized spacial score (nSPS) is 19.9. The molecule has 2 rings (SSSR count). The maximum absolute atomic E-state index is 6.11. The van der Waals surface area contributed by atoms with Crippen LogP contribution in [-0.4, -0.2) is 24.0 Å². The fourth-order valence-electron chi connectivity index (χ4n) is 2.31. The minimum absolute atomic E-state index is 0. The van der Waals surface area contributed by atoms with Gasteiger partial charge in [0.1, 0.15) is 0 Å². The summed E-state index contributed by atoms with van der Waals surface area (Å²) < 4.78 is 0.939. The molecule has 1 fully saturated rings. The van der Waals surface area contributed by atoms with Crippen molar-refractivity contribution in [3.05, 3.63) is 21.3 Å². The van der Waals surface area contributed by atoms with Crippen LogP contribution in [0.3, 0.4) is 0 Å². The molecule has 0 saturated carbocycles. The molecule has 0 spiro atoms. The highest BCUT2D eigenvalue weighted by atomic mass is 35.5. The third kappa shape index (κ3) is 4.11. The molecule has 2 N–H and O–H groups in total. The fourth-order valence-corrected chi connectivity index (χ4v) is 3.22. The summed E-state index contributed by atoms with van der Waals surface area (Å²) in [7, 11) is 0. The van der Waals surface area contributed by atoms with Gasteiger partial charge in [-0.2, -0.15) is 0 Å². The molecule has 0 aromatic carbocycles. The van der Waals surface area contributed by atoms with Crippen LogP contribution in [0.5, 0.6) is 0 Å². The van der Waals surface area contributed by atoms with Crippen molar-refractivity contribution in [2.45, 2.75) is 32.4 Å². The lowest BCUT2D eigenvalue weighted by atomic mass is 9.91. The van der Waals surface area contributed by atoms with Gasteiger partial charge >= 0.3 is 0 Å². The molecular weight excluding hydrogens is 275 g/mol. The Balaban J connectivity index is 0.00000144. The molecule has 1 aliphatic rings. The van der Waals surface area contributed by atoms with Gasteiger partial charge in [0, 0.05) is 12.6 Å². The van der Waals surface area contributed by atoms with Gasteiger partial charge in [0.25, 0.3) is 0 Å². The highest BCUT2D eigenvalue weighted by Gasteiger charge is 2.22. The van der Waals surface area contributed by atoms with Crippen molar-refractivity contribution in [2.24, 2.45) is 11.7 Å². The summed E-state index contributed by atoms with van der Waals surface area (Å²) >= 11 is 7.73. The summed E-state index contributed by atoms with van der Waals surface area (Å²) in [5.74, 6) is 0.703. The summed E-state index contributed by atoms with van der Waals surface area (Å²) in [6.45, 7) is 5.42. The van der Waals surface area contributed by atoms with Crippen molar-refractivity contribution in [1.82, 2.24) is 4.90 Å². The monoisotopic (exact) mass is 294 g/mol. The van der Waals surface area contributed by atoms with Gasteiger partial charge in [-0.05, 0) is 55.8 Å². The Bertz CT molecular complexity index is 333. The zero-order valence-electron chi connectivity index (χ0n) is 10.1. The Morgan fingerprint density at radius 2 is 2.18 bits per heavy atom. The molecule has 0 amide bonds. The van der Waals surface area contributed by atoms with Crippen molar-refractivity contribution in [2.75, 3.05) is 13.1 Å². The number of hydrogen-bond acceptors (Lipinski definition) is 3. The van der Waals surface area contributed by atoms with E-state index in [1.807, 2.05) is 0 Å². The van der Waals surface area contributed by atoms with Gasteiger partial charge in [-0.3, -0.25) is 4.90 Å². The molecule has 1 aromatic rings. The van der Waals surface area contributed by atoms with Gasteiger partial charge in [-0.25, -0.2) is 0 Å². The van der Waals surface area contributed by atoms with Crippen LogP contribution < -0.4 is 5.73 Å². The SMILES string of the molecule is CC(N)C1CCN(Cc2ccsc2Cl)CC1.Cl. The van der Waals surface area contributed by atoms with Crippen LogP contribution in [0, 0.1) is 5.92 Å². The van der Waals surface area contributed by atoms with Crippen LogP contribution in [0.2, 0.25) is 4.34 Å². The number of thiophene rings is 1. The third-order valence-corrected chi connectivity index (χ3v) is 4.71. The van der Waals surface area contributed by atoms with Crippen LogP contribution in [0.15, 0.2) is 11.4 Å². The molecule has 2 nitrogen and oxygen atoms in total. The molecule has 0 bridgehead atoms. The summed E-state index contributed by atoms with van der Waals surface area (Å²) in [5, 5.41) is 2.06. The largest absolute Gasteiger partial charge is 0.328 e. The number of piperidine rings is 1. The zero-order chi connectivity index (χ0) is 11.5. The minimum atomic E-state index is 0. The number of likely N-dealkylation sites (tertiary alicyclic amines) is 1. The maximum Gasteiger partial charge on any atom is 0.0973 e. The van der Waals surface area contributed by atoms with E-state index in [4.69, 9.17) is 17.3 Å². The van der Waals surface area contributed by atoms with E-state index in [1.54, 1.807) is 11.3 Å². The zero-order valence-corrected chi connectivity index (χ0v) is 12.5. The smallest absolute Gasteiger partial charge is 0.0973 e. The lowest BCUT2D eigenvalue weighted by Crippen LogP contribution is -2.39. The first-order valence-electron chi connectivity index (χ1n) is 5.86. The van der Waals surface area contributed by atoms with Crippen molar-refractivity contribution in [3.8, 4) is 0 Å². The van der Waals surface area contributed by atoms with Gasteiger partial charge in [0.2, 0.25) is 0 Å². The predicted molar refractivity (Wildman–Crippen MR) is 78.2 cm³/mol. The molecule has 1 saturated heterocycles. The van der Waals surface area contributed by atoms with E-state index in [1.165, 1.54) is 18.4 Å². The molecule has 2 heterocycles. The molecule has 0 aliphatic carbocycles. The van der Waals surface area contributed by atoms with E-state index >= 15 is 0 Å². The van der Waals surface area contributed by atoms with Gasteiger partial charge in [0.15, 0.2) is 0 Å². The number of halogens is 2. The number of nitrogens with zero attached hydrogens (tertiary/aromatic N) is 1. The maximum atomic E-state index is 6.11. The lowest BCUT2D eigenvalue weighted by molar-refractivity contribution is 0.166. The molecule has 1 aromatic heterocycles. The fraction of sp³-hybridized carbons (Fsp3) is 0.667. The van der Waals surface area contributed by atoms with Crippen LogP contribution >= 0.6 is 35.3 Å².